The number of thiazole rings is 1. The van der Waals surface area contributed by atoms with Crippen molar-refractivity contribution < 1.29 is 9.18 Å². The van der Waals surface area contributed by atoms with Gasteiger partial charge in [0.05, 0.1) is 12.2 Å². The molecule has 0 unspecified atom stereocenters. The Morgan fingerprint density at radius 3 is 2.83 bits per heavy atom. The number of anilines is 1. The molecule has 0 bridgehead atoms. The van der Waals surface area contributed by atoms with Gasteiger partial charge in [-0.15, -0.1) is 5.10 Å². The summed E-state index contributed by atoms with van der Waals surface area (Å²) in [6.07, 6.45) is 0.702. The molecular weight excluding hydrogens is 457 g/mol. The molecular formula is C20H15BrFN5OS. The number of amides is 2. The van der Waals surface area contributed by atoms with Crippen LogP contribution in [0.25, 0.3) is 16.3 Å². The van der Waals surface area contributed by atoms with Gasteiger partial charge in [-0.25, -0.2) is 13.7 Å². The van der Waals surface area contributed by atoms with E-state index < -0.39 is 0 Å². The van der Waals surface area contributed by atoms with Gasteiger partial charge < -0.3 is 10.2 Å². The SMILES string of the molecule is O=C(Nc1cccc(Br)c1)N1CCc2c(sc3nc(-c4ccc(F)cc4)nn23)C1. The third-order valence-corrected chi connectivity index (χ3v) is 6.34. The molecule has 1 aliphatic heterocycles. The van der Waals surface area contributed by atoms with Crippen molar-refractivity contribution in [3.63, 3.8) is 0 Å². The van der Waals surface area contributed by atoms with Crippen molar-refractivity contribution in [2.45, 2.75) is 13.0 Å². The fourth-order valence-electron chi connectivity index (χ4n) is 3.35. The molecule has 0 fully saturated rings. The van der Waals surface area contributed by atoms with Gasteiger partial charge in [0.25, 0.3) is 0 Å². The lowest BCUT2D eigenvalue weighted by Crippen LogP contribution is -2.38. The normalized spacial score (nSPS) is 13.5. The molecule has 29 heavy (non-hydrogen) atoms. The van der Waals surface area contributed by atoms with Crippen molar-refractivity contribution in [1.29, 1.82) is 0 Å². The minimum Gasteiger partial charge on any atom is -0.319 e. The highest BCUT2D eigenvalue weighted by Gasteiger charge is 2.26. The number of nitrogens with zero attached hydrogens (tertiary/aromatic N) is 4. The lowest BCUT2D eigenvalue weighted by Gasteiger charge is -2.26. The molecule has 4 aromatic rings. The topological polar surface area (TPSA) is 62.5 Å². The molecule has 3 heterocycles. The maximum absolute atomic E-state index is 13.1. The van der Waals surface area contributed by atoms with Crippen molar-refractivity contribution >= 4 is 43.9 Å². The van der Waals surface area contributed by atoms with Gasteiger partial charge in [0.1, 0.15) is 5.82 Å². The summed E-state index contributed by atoms with van der Waals surface area (Å²) in [7, 11) is 0. The molecule has 1 N–H and O–H groups in total. The van der Waals surface area contributed by atoms with E-state index in [0.29, 0.717) is 25.3 Å². The molecule has 0 aliphatic carbocycles. The monoisotopic (exact) mass is 471 g/mol. The van der Waals surface area contributed by atoms with Crippen molar-refractivity contribution in [2.24, 2.45) is 0 Å². The molecule has 9 heteroatoms. The Kier molecular flexibility index (Phi) is 4.56. The smallest absolute Gasteiger partial charge is 0.319 e. The van der Waals surface area contributed by atoms with E-state index in [1.165, 1.54) is 23.5 Å². The maximum atomic E-state index is 13.1. The van der Waals surface area contributed by atoms with E-state index in [9.17, 15) is 9.18 Å². The number of carbonyl (C=O) groups excluding carboxylic acids is 1. The zero-order valence-corrected chi connectivity index (χ0v) is 17.5. The number of fused-ring (bicyclic) bond motifs is 3. The van der Waals surface area contributed by atoms with E-state index in [-0.39, 0.29) is 11.8 Å². The van der Waals surface area contributed by atoms with Gasteiger partial charge in [0.15, 0.2) is 5.82 Å². The van der Waals surface area contributed by atoms with Crippen LogP contribution in [0.1, 0.15) is 10.6 Å². The van der Waals surface area contributed by atoms with Crippen molar-refractivity contribution in [1.82, 2.24) is 19.5 Å². The number of benzene rings is 2. The summed E-state index contributed by atoms with van der Waals surface area (Å²) in [5.41, 5.74) is 2.61. The van der Waals surface area contributed by atoms with E-state index in [4.69, 9.17) is 0 Å². The maximum Gasteiger partial charge on any atom is 0.322 e. The number of hydrogen-bond acceptors (Lipinski definition) is 4. The summed E-state index contributed by atoms with van der Waals surface area (Å²) in [4.78, 5) is 20.9. The largest absolute Gasteiger partial charge is 0.322 e. The van der Waals surface area contributed by atoms with Crippen LogP contribution in [0, 0.1) is 5.82 Å². The molecule has 0 saturated heterocycles. The van der Waals surface area contributed by atoms with Crippen LogP contribution in [0.5, 0.6) is 0 Å². The molecule has 6 nitrogen and oxygen atoms in total. The molecule has 0 saturated carbocycles. The first-order chi connectivity index (χ1) is 14.1. The minimum atomic E-state index is -0.284. The second kappa shape index (κ2) is 7.23. The van der Waals surface area contributed by atoms with Gasteiger partial charge in [0.2, 0.25) is 4.96 Å². The second-order valence-corrected chi connectivity index (χ2v) is 8.70. The van der Waals surface area contributed by atoms with Gasteiger partial charge in [-0.1, -0.05) is 33.3 Å². The molecule has 0 atom stereocenters. The highest BCUT2D eigenvalue weighted by Crippen LogP contribution is 2.30. The van der Waals surface area contributed by atoms with Crippen LogP contribution in [0.3, 0.4) is 0 Å². The lowest BCUT2D eigenvalue weighted by atomic mass is 10.2. The van der Waals surface area contributed by atoms with Crippen LogP contribution < -0.4 is 5.32 Å². The first-order valence-electron chi connectivity index (χ1n) is 9.01. The van der Waals surface area contributed by atoms with E-state index in [0.717, 1.165) is 31.3 Å². The van der Waals surface area contributed by atoms with Crippen LogP contribution in [0.2, 0.25) is 0 Å². The zero-order chi connectivity index (χ0) is 20.0. The van der Waals surface area contributed by atoms with E-state index in [1.807, 2.05) is 28.8 Å². The fraction of sp³-hybridized carbons (Fsp3) is 0.150. The first kappa shape index (κ1) is 18.3. The van der Waals surface area contributed by atoms with Gasteiger partial charge in [0, 0.05) is 33.6 Å². The van der Waals surface area contributed by atoms with Gasteiger partial charge >= 0.3 is 6.03 Å². The first-order valence-corrected chi connectivity index (χ1v) is 10.6. The highest BCUT2D eigenvalue weighted by atomic mass is 79.9. The summed E-state index contributed by atoms with van der Waals surface area (Å²) in [5, 5.41) is 7.54. The quantitative estimate of drug-likeness (QED) is 0.449. The van der Waals surface area contributed by atoms with Gasteiger partial charge in [-0.05, 0) is 42.5 Å². The average molecular weight is 472 g/mol. The number of aromatic nitrogens is 3. The van der Waals surface area contributed by atoms with Crippen LogP contribution >= 0.6 is 27.3 Å². The number of halogens is 2. The minimum absolute atomic E-state index is 0.125. The Labute approximate surface area is 178 Å². The third-order valence-electron chi connectivity index (χ3n) is 4.79. The molecule has 2 aromatic heterocycles. The Bertz CT molecular complexity index is 1220. The Balaban J connectivity index is 1.36. The Morgan fingerprint density at radius 2 is 2.03 bits per heavy atom. The number of urea groups is 1. The fourth-order valence-corrected chi connectivity index (χ4v) is 4.87. The molecule has 5 rings (SSSR count). The van der Waals surface area contributed by atoms with Crippen molar-refractivity contribution in [3.8, 4) is 11.4 Å². The Hall–Kier alpha value is -2.78. The molecule has 1 aliphatic rings. The third kappa shape index (κ3) is 3.51. The summed E-state index contributed by atoms with van der Waals surface area (Å²) >= 11 is 4.95. The highest BCUT2D eigenvalue weighted by molar-refractivity contribution is 9.10. The number of nitrogens with one attached hydrogen (secondary N) is 1. The second-order valence-electron chi connectivity index (χ2n) is 6.72. The van der Waals surface area contributed by atoms with Crippen LogP contribution in [0.15, 0.2) is 53.0 Å². The average Bonchev–Trinajstić information content (AvgIpc) is 3.26. The van der Waals surface area contributed by atoms with E-state index >= 15 is 0 Å². The number of rotatable bonds is 2. The van der Waals surface area contributed by atoms with E-state index in [1.54, 1.807) is 17.0 Å². The standard InChI is InChI=1S/C20H15BrFN5OS/c21-13-2-1-3-15(10-13)23-19(28)26-9-8-16-17(11-26)29-20-24-18(25-27(16)20)12-4-6-14(22)7-5-12/h1-7,10H,8-9,11H2,(H,23,28). The molecule has 146 valence electrons. The summed E-state index contributed by atoms with van der Waals surface area (Å²) < 4.78 is 15.9. The summed E-state index contributed by atoms with van der Waals surface area (Å²) in [5.74, 6) is 0.294. The van der Waals surface area contributed by atoms with Crippen molar-refractivity contribution in [2.75, 3.05) is 11.9 Å². The molecule has 2 amide bonds. The lowest BCUT2D eigenvalue weighted by molar-refractivity contribution is 0.206. The molecule has 0 spiro atoms. The molecule has 0 radical (unpaired) electrons. The van der Waals surface area contributed by atoms with Crippen LogP contribution in [0.4, 0.5) is 14.9 Å². The number of carbonyl (C=O) groups is 1. The predicted octanol–water partition coefficient (Wildman–Crippen LogP) is 4.95. The van der Waals surface area contributed by atoms with Gasteiger partial charge in [-0.3, -0.25) is 0 Å². The predicted molar refractivity (Wildman–Crippen MR) is 114 cm³/mol. The van der Waals surface area contributed by atoms with Crippen LogP contribution in [-0.2, 0) is 13.0 Å². The zero-order valence-electron chi connectivity index (χ0n) is 15.1. The van der Waals surface area contributed by atoms with Crippen LogP contribution in [-0.4, -0.2) is 32.1 Å². The van der Waals surface area contributed by atoms with E-state index in [2.05, 4.69) is 31.3 Å². The molecule has 2 aromatic carbocycles. The van der Waals surface area contributed by atoms with Crippen molar-refractivity contribution in [3.05, 3.63) is 69.4 Å². The summed E-state index contributed by atoms with van der Waals surface area (Å²) in [6, 6.07) is 13.6. The summed E-state index contributed by atoms with van der Waals surface area (Å²) in [6.45, 7) is 1.13. The Morgan fingerprint density at radius 1 is 1.21 bits per heavy atom. The van der Waals surface area contributed by atoms with Gasteiger partial charge in [-0.2, -0.15) is 4.98 Å². The number of hydrogen-bond donors (Lipinski definition) is 1.